The van der Waals surface area contributed by atoms with E-state index < -0.39 is 0 Å². The summed E-state index contributed by atoms with van der Waals surface area (Å²) < 4.78 is 0. The Labute approximate surface area is 101 Å². The van der Waals surface area contributed by atoms with Gasteiger partial charge in [0.1, 0.15) is 0 Å². The van der Waals surface area contributed by atoms with Crippen LogP contribution in [-0.4, -0.2) is 10.4 Å². The molecule has 0 aliphatic heterocycles. The topological polar surface area (TPSA) is 12.9 Å². The molecule has 2 heteroatoms. The van der Waals surface area contributed by atoms with Gasteiger partial charge in [-0.2, -0.15) is 0 Å². The lowest BCUT2D eigenvalue weighted by Gasteiger charge is -2.13. The third-order valence-electron chi connectivity index (χ3n) is 2.86. The number of para-hydroxylation sites is 1. The third kappa shape index (κ3) is 2.53. The van der Waals surface area contributed by atoms with Gasteiger partial charge < -0.3 is 0 Å². The molecule has 2 unspecified atom stereocenters. The van der Waals surface area contributed by atoms with Gasteiger partial charge in [0.2, 0.25) is 0 Å². The Hall–Kier alpha value is -1.08. The first kappa shape index (κ1) is 11.4. The molecule has 0 fully saturated rings. The molecule has 16 heavy (non-hydrogen) atoms. The van der Waals surface area contributed by atoms with Crippen LogP contribution in [0.4, 0.5) is 0 Å². The molecular formula is C14H16ClN. The van der Waals surface area contributed by atoms with Gasteiger partial charge in [-0.15, -0.1) is 11.6 Å². The number of rotatable bonds is 3. The number of aromatic nitrogens is 1. The Kier molecular flexibility index (Phi) is 3.45. The minimum Gasteiger partial charge on any atom is -0.256 e. The van der Waals surface area contributed by atoms with E-state index in [-0.39, 0.29) is 5.38 Å². The largest absolute Gasteiger partial charge is 0.256 e. The summed E-state index contributed by atoms with van der Waals surface area (Å²) in [5.74, 6) is 0.463. The van der Waals surface area contributed by atoms with Crippen LogP contribution in [0.5, 0.6) is 0 Å². The number of alkyl halides is 1. The summed E-state index contributed by atoms with van der Waals surface area (Å²) in [6, 6.07) is 10.4. The fourth-order valence-electron chi connectivity index (χ4n) is 1.98. The summed E-state index contributed by atoms with van der Waals surface area (Å²) in [4.78, 5) is 4.47. The predicted molar refractivity (Wildman–Crippen MR) is 70.1 cm³/mol. The molecule has 0 amide bonds. The van der Waals surface area contributed by atoms with Crippen LogP contribution in [0.25, 0.3) is 10.9 Å². The number of benzene rings is 1. The van der Waals surface area contributed by atoms with Crippen LogP contribution in [-0.2, 0) is 0 Å². The van der Waals surface area contributed by atoms with E-state index in [0.717, 1.165) is 11.9 Å². The average Bonchev–Trinajstić information content (AvgIpc) is 2.27. The quantitative estimate of drug-likeness (QED) is 0.718. The van der Waals surface area contributed by atoms with Gasteiger partial charge in [0.15, 0.2) is 0 Å². The van der Waals surface area contributed by atoms with Crippen LogP contribution in [0.15, 0.2) is 36.5 Å². The maximum absolute atomic E-state index is 6.02. The highest BCUT2D eigenvalue weighted by atomic mass is 35.5. The van der Waals surface area contributed by atoms with Crippen molar-refractivity contribution in [3.63, 3.8) is 0 Å². The minimum absolute atomic E-state index is 0.210. The first-order chi connectivity index (χ1) is 7.66. The summed E-state index contributed by atoms with van der Waals surface area (Å²) in [6.45, 7) is 4.23. The molecule has 84 valence electrons. The highest BCUT2D eigenvalue weighted by Crippen LogP contribution is 2.24. The highest BCUT2D eigenvalue weighted by Gasteiger charge is 2.09. The van der Waals surface area contributed by atoms with Gasteiger partial charge in [-0.25, -0.2) is 0 Å². The smallest absolute Gasteiger partial charge is 0.0702 e. The first-order valence-corrected chi connectivity index (χ1v) is 6.09. The SMILES string of the molecule is CC(Cl)CC(C)c1cnc2ccccc2c1. The van der Waals surface area contributed by atoms with Crippen LogP contribution >= 0.6 is 11.6 Å². The van der Waals surface area contributed by atoms with Crippen LogP contribution in [0.3, 0.4) is 0 Å². The molecule has 1 heterocycles. The Morgan fingerprint density at radius 2 is 2.00 bits per heavy atom. The maximum atomic E-state index is 6.02. The van der Waals surface area contributed by atoms with Crippen molar-refractivity contribution in [1.82, 2.24) is 4.98 Å². The minimum atomic E-state index is 0.210. The van der Waals surface area contributed by atoms with Crippen LogP contribution in [0.1, 0.15) is 31.7 Å². The fraction of sp³-hybridized carbons (Fsp3) is 0.357. The molecule has 0 N–H and O–H groups in total. The van der Waals surface area contributed by atoms with Crippen molar-refractivity contribution in [2.24, 2.45) is 0 Å². The summed E-state index contributed by atoms with van der Waals surface area (Å²) in [5, 5.41) is 1.41. The molecule has 0 radical (unpaired) electrons. The van der Waals surface area contributed by atoms with Crippen molar-refractivity contribution in [2.75, 3.05) is 0 Å². The summed E-state index contributed by atoms with van der Waals surface area (Å²) in [6.07, 6.45) is 2.95. The zero-order valence-corrected chi connectivity index (χ0v) is 10.4. The zero-order chi connectivity index (χ0) is 11.5. The number of pyridine rings is 1. The molecule has 0 spiro atoms. The summed E-state index contributed by atoms with van der Waals surface area (Å²) >= 11 is 6.02. The van der Waals surface area contributed by atoms with Gasteiger partial charge in [0.25, 0.3) is 0 Å². The van der Waals surface area contributed by atoms with Gasteiger partial charge in [0, 0.05) is 17.0 Å². The van der Waals surface area contributed by atoms with Crippen LogP contribution in [0, 0.1) is 0 Å². The van der Waals surface area contributed by atoms with Crippen molar-refractivity contribution < 1.29 is 0 Å². The Morgan fingerprint density at radius 1 is 1.25 bits per heavy atom. The third-order valence-corrected chi connectivity index (χ3v) is 3.04. The van der Waals surface area contributed by atoms with Crippen molar-refractivity contribution >= 4 is 22.5 Å². The molecule has 0 bridgehead atoms. The number of hydrogen-bond donors (Lipinski definition) is 0. The second kappa shape index (κ2) is 4.84. The van der Waals surface area contributed by atoms with Crippen molar-refractivity contribution in [3.8, 4) is 0 Å². The van der Waals surface area contributed by atoms with E-state index in [9.17, 15) is 0 Å². The van der Waals surface area contributed by atoms with Crippen molar-refractivity contribution in [1.29, 1.82) is 0 Å². The normalized spacial score (nSPS) is 14.9. The Morgan fingerprint density at radius 3 is 2.75 bits per heavy atom. The summed E-state index contributed by atoms with van der Waals surface area (Å²) in [7, 11) is 0. The second-order valence-corrected chi connectivity index (χ2v) is 5.12. The van der Waals surface area contributed by atoms with E-state index >= 15 is 0 Å². The second-order valence-electron chi connectivity index (χ2n) is 4.38. The van der Waals surface area contributed by atoms with Gasteiger partial charge in [0.05, 0.1) is 5.52 Å². The van der Waals surface area contributed by atoms with E-state index in [1.165, 1.54) is 10.9 Å². The number of halogens is 1. The zero-order valence-electron chi connectivity index (χ0n) is 9.65. The van der Waals surface area contributed by atoms with Gasteiger partial charge in [-0.05, 0) is 37.0 Å². The maximum Gasteiger partial charge on any atom is 0.0702 e. The van der Waals surface area contributed by atoms with E-state index in [1.807, 2.05) is 31.3 Å². The predicted octanol–water partition coefficient (Wildman–Crippen LogP) is 4.36. The number of nitrogens with zero attached hydrogens (tertiary/aromatic N) is 1. The molecule has 2 atom stereocenters. The van der Waals surface area contributed by atoms with Gasteiger partial charge >= 0.3 is 0 Å². The molecular weight excluding hydrogens is 218 g/mol. The standard InChI is InChI=1S/C14H16ClN/c1-10(7-11(2)15)13-8-12-5-3-4-6-14(12)16-9-13/h3-6,8-11H,7H2,1-2H3. The monoisotopic (exact) mass is 233 g/mol. The average molecular weight is 234 g/mol. The van der Waals surface area contributed by atoms with Crippen LogP contribution in [0.2, 0.25) is 0 Å². The highest BCUT2D eigenvalue weighted by molar-refractivity contribution is 6.20. The summed E-state index contributed by atoms with van der Waals surface area (Å²) in [5.41, 5.74) is 2.32. The van der Waals surface area contributed by atoms with Crippen molar-refractivity contribution in [2.45, 2.75) is 31.6 Å². The lowest BCUT2D eigenvalue weighted by molar-refractivity contribution is 0.669. The van der Waals surface area contributed by atoms with Gasteiger partial charge in [-0.3, -0.25) is 4.98 Å². The first-order valence-electron chi connectivity index (χ1n) is 5.65. The Balaban J connectivity index is 2.32. The molecule has 1 aromatic heterocycles. The van der Waals surface area contributed by atoms with E-state index in [2.05, 4.69) is 24.0 Å². The van der Waals surface area contributed by atoms with E-state index in [4.69, 9.17) is 11.6 Å². The molecule has 0 saturated heterocycles. The Bertz CT molecular complexity index is 479. The molecule has 1 nitrogen and oxygen atoms in total. The van der Waals surface area contributed by atoms with Crippen molar-refractivity contribution in [3.05, 3.63) is 42.1 Å². The molecule has 0 aliphatic rings. The molecule has 0 saturated carbocycles. The number of fused-ring (bicyclic) bond motifs is 1. The molecule has 1 aromatic carbocycles. The fourth-order valence-corrected chi connectivity index (χ4v) is 2.25. The number of hydrogen-bond acceptors (Lipinski definition) is 1. The molecule has 2 rings (SSSR count). The van der Waals surface area contributed by atoms with Gasteiger partial charge in [-0.1, -0.05) is 25.1 Å². The molecule has 0 aliphatic carbocycles. The van der Waals surface area contributed by atoms with Crippen LogP contribution < -0.4 is 0 Å². The molecule has 2 aromatic rings. The lowest BCUT2D eigenvalue weighted by atomic mass is 9.97. The lowest BCUT2D eigenvalue weighted by Crippen LogP contribution is -2.01. The van der Waals surface area contributed by atoms with E-state index in [0.29, 0.717) is 5.92 Å². The van der Waals surface area contributed by atoms with E-state index in [1.54, 1.807) is 0 Å².